The van der Waals surface area contributed by atoms with Crippen LogP contribution in [-0.2, 0) is 6.54 Å². The predicted molar refractivity (Wildman–Crippen MR) is 148 cm³/mol. The van der Waals surface area contributed by atoms with E-state index in [1.54, 1.807) is 0 Å². The van der Waals surface area contributed by atoms with Gasteiger partial charge in [0.1, 0.15) is 0 Å². The lowest BCUT2D eigenvalue weighted by atomic mass is 9.96. The van der Waals surface area contributed by atoms with Gasteiger partial charge < -0.3 is 9.13 Å². The van der Waals surface area contributed by atoms with E-state index >= 15 is 0 Å². The Balaban J connectivity index is 1.62. The summed E-state index contributed by atoms with van der Waals surface area (Å²) in [6.45, 7) is 0.894. The van der Waals surface area contributed by atoms with E-state index in [0.29, 0.717) is 0 Å². The molecule has 2 nitrogen and oxygen atoms in total. The van der Waals surface area contributed by atoms with Crippen LogP contribution in [0.5, 0.6) is 0 Å². The maximum Gasteiger partial charge on any atom is 0.0568 e. The molecule has 0 bridgehead atoms. The van der Waals surface area contributed by atoms with Gasteiger partial charge in [0.05, 0.1) is 16.6 Å². The lowest BCUT2D eigenvalue weighted by Crippen LogP contribution is -2.00. The molecule has 2 aromatic heterocycles. The van der Waals surface area contributed by atoms with E-state index in [1.165, 1.54) is 55.1 Å². The number of hydrogen-bond acceptors (Lipinski definition) is 0. The first-order valence-electron chi connectivity index (χ1n) is 12.4. The highest BCUT2D eigenvalue weighted by Crippen LogP contribution is 2.43. The molecule has 2 heteroatoms. The van der Waals surface area contributed by atoms with Gasteiger partial charge in [-0.25, -0.2) is 0 Å². The van der Waals surface area contributed by atoms with Crippen molar-refractivity contribution >= 4 is 32.7 Å². The predicted octanol–water partition coefficient (Wildman–Crippen LogP) is 8.68. The summed E-state index contributed by atoms with van der Waals surface area (Å²) in [7, 11) is 0. The van der Waals surface area contributed by atoms with E-state index in [1.807, 2.05) is 0 Å². The SMILES string of the molecule is C1=CC(Cn2ccc3c(-c4ccccc4)c4c5ccccc5n(-c5ccccc5)c4cc32)=CCC1. The second-order valence-corrected chi connectivity index (χ2v) is 9.34. The Bertz CT molecular complexity index is 1750. The Morgan fingerprint density at radius 2 is 1.43 bits per heavy atom. The summed E-state index contributed by atoms with van der Waals surface area (Å²) in [5, 5.41) is 3.91. The first kappa shape index (κ1) is 20.1. The largest absolute Gasteiger partial charge is 0.343 e. The number of rotatable bonds is 4. The fraction of sp³-hybridized carbons (Fsp3) is 0.0909. The van der Waals surface area contributed by atoms with Gasteiger partial charge in [0.2, 0.25) is 0 Å². The van der Waals surface area contributed by atoms with Crippen LogP contribution in [0, 0.1) is 0 Å². The Morgan fingerprint density at radius 3 is 2.23 bits per heavy atom. The molecular weight excluding hydrogens is 424 g/mol. The van der Waals surface area contributed by atoms with Crippen molar-refractivity contribution in [2.75, 3.05) is 0 Å². The van der Waals surface area contributed by atoms with Crippen molar-refractivity contribution in [1.29, 1.82) is 0 Å². The smallest absolute Gasteiger partial charge is 0.0568 e. The van der Waals surface area contributed by atoms with Gasteiger partial charge >= 0.3 is 0 Å². The molecular formula is C33H26N2. The summed E-state index contributed by atoms with van der Waals surface area (Å²) in [4.78, 5) is 0. The van der Waals surface area contributed by atoms with Gasteiger partial charge in [-0.2, -0.15) is 0 Å². The monoisotopic (exact) mass is 450 g/mol. The minimum Gasteiger partial charge on any atom is -0.343 e. The molecule has 0 N–H and O–H groups in total. The van der Waals surface area contributed by atoms with Crippen molar-refractivity contribution in [2.45, 2.75) is 19.4 Å². The normalized spacial score (nSPS) is 13.7. The molecule has 0 spiro atoms. The highest BCUT2D eigenvalue weighted by atomic mass is 15.0. The molecule has 0 amide bonds. The first-order valence-corrected chi connectivity index (χ1v) is 12.4. The highest BCUT2D eigenvalue weighted by molar-refractivity contribution is 6.22. The number of aromatic nitrogens is 2. The zero-order valence-electron chi connectivity index (χ0n) is 19.6. The van der Waals surface area contributed by atoms with Gasteiger partial charge in [-0.05, 0) is 54.3 Å². The van der Waals surface area contributed by atoms with Crippen LogP contribution < -0.4 is 0 Å². The van der Waals surface area contributed by atoms with Crippen molar-refractivity contribution < 1.29 is 0 Å². The molecule has 2 heterocycles. The highest BCUT2D eigenvalue weighted by Gasteiger charge is 2.20. The lowest BCUT2D eigenvalue weighted by Gasteiger charge is -2.13. The Morgan fingerprint density at radius 1 is 0.657 bits per heavy atom. The van der Waals surface area contributed by atoms with Gasteiger partial charge in [-0.1, -0.05) is 85.0 Å². The van der Waals surface area contributed by atoms with Crippen LogP contribution in [-0.4, -0.2) is 9.13 Å². The molecule has 0 unspecified atom stereocenters. The third kappa shape index (κ3) is 3.25. The van der Waals surface area contributed by atoms with Crippen LogP contribution in [0.15, 0.2) is 127 Å². The second-order valence-electron chi connectivity index (χ2n) is 9.34. The van der Waals surface area contributed by atoms with Crippen LogP contribution in [0.3, 0.4) is 0 Å². The average Bonchev–Trinajstić information content (AvgIpc) is 3.47. The molecule has 0 saturated carbocycles. The van der Waals surface area contributed by atoms with Crippen molar-refractivity contribution in [2.24, 2.45) is 0 Å². The van der Waals surface area contributed by atoms with Crippen LogP contribution in [0.1, 0.15) is 12.8 Å². The van der Waals surface area contributed by atoms with Crippen molar-refractivity contribution in [1.82, 2.24) is 9.13 Å². The van der Waals surface area contributed by atoms with E-state index in [-0.39, 0.29) is 0 Å². The van der Waals surface area contributed by atoms with E-state index in [2.05, 4.69) is 131 Å². The quantitative estimate of drug-likeness (QED) is 0.254. The number of hydrogen-bond donors (Lipinski definition) is 0. The minimum atomic E-state index is 0.894. The Hall–Kier alpha value is -4.30. The van der Waals surface area contributed by atoms with Gasteiger partial charge in [0.15, 0.2) is 0 Å². The molecule has 35 heavy (non-hydrogen) atoms. The van der Waals surface area contributed by atoms with E-state index in [4.69, 9.17) is 0 Å². The Labute approximate surface area is 205 Å². The summed E-state index contributed by atoms with van der Waals surface area (Å²) in [5.74, 6) is 0. The maximum absolute atomic E-state index is 2.42. The van der Waals surface area contributed by atoms with Gasteiger partial charge in [0.25, 0.3) is 0 Å². The standard InChI is InChI=1S/C33H26N2/c1-4-12-24(13-5-1)23-34-21-20-28-30(34)22-31-33(32(28)25-14-6-2-7-15-25)27-18-10-11-19-29(27)35(31)26-16-8-3-9-17-26/h2-4,6-22H,1,5,23H2. The fourth-order valence-corrected chi connectivity index (χ4v) is 5.66. The van der Waals surface area contributed by atoms with E-state index in [0.717, 1.165) is 19.4 Å². The molecule has 0 saturated heterocycles. The molecule has 0 aliphatic heterocycles. The Kier molecular flexibility index (Phi) is 4.70. The van der Waals surface area contributed by atoms with Gasteiger partial charge in [0, 0.05) is 40.2 Å². The third-order valence-corrected chi connectivity index (χ3v) is 7.21. The molecule has 7 rings (SSSR count). The average molecular weight is 451 g/mol. The van der Waals surface area contributed by atoms with Crippen molar-refractivity contribution in [3.63, 3.8) is 0 Å². The minimum absolute atomic E-state index is 0.894. The van der Waals surface area contributed by atoms with Gasteiger partial charge in [-0.3, -0.25) is 0 Å². The zero-order chi connectivity index (χ0) is 23.2. The van der Waals surface area contributed by atoms with Crippen LogP contribution in [0.4, 0.5) is 0 Å². The van der Waals surface area contributed by atoms with Crippen molar-refractivity contribution in [3.8, 4) is 16.8 Å². The number of allylic oxidation sites excluding steroid dienone is 4. The number of fused-ring (bicyclic) bond motifs is 4. The van der Waals surface area contributed by atoms with E-state index in [9.17, 15) is 0 Å². The summed E-state index contributed by atoms with van der Waals surface area (Å²) in [6.07, 6.45) is 11.5. The molecule has 0 fully saturated rings. The summed E-state index contributed by atoms with van der Waals surface area (Å²) < 4.78 is 4.84. The van der Waals surface area contributed by atoms with Gasteiger partial charge in [-0.15, -0.1) is 0 Å². The van der Waals surface area contributed by atoms with Crippen LogP contribution in [0.25, 0.3) is 49.5 Å². The van der Waals surface area contributed by atoms with Crippen LogP contribution in [0.2, 0.25) is 0 Å². The summed E-state index contributed by atoms with van der Waals surface area (Å²) in [6, 6.07) is 35.1. The molecule has 168 valence electrons. The molecule has 0 atom stereocenters. The zero-order valence-corrected chi connectivity index (χ0v) is 19.6. The fourth-order valence-electron chi connectivity index (χ4n) is 5.66. The lowest BCUT2D eigenvalue weighted by molar-refractivity contribution is 0.819. The molecule has 6 aromatic rings. The number of benzene rings is 4. The number of para-hydroxylation sites is 2. The number of nitrogens with zero attached hydrogens (tertiary/aromatic N) is 2. The second kappa shape index (κ2) is 8.18. The molecule has 4 aromatic carbocycles. The molecule has 1 aliphatic rings. The van der Waals surface area contributed by atoms with E-state index < -0.39 is 0 Å². The summed E-state index contributed by atoms with van der Waals surface area (Å²) in [5.41, 5.74) is 8.91. The maximum atomic E-state index is 2.42. The third-order valence-electron chi connectivity index (χ3n) is 7.21. The first-order chi connectivity index (χ1) is 17.4. The summed E-state index contributed by atoms with van der Waals surface area (Å²) >= 11 is 0. The van der Waals surface area contributed by atoms with Crippen molar-refractivity contribution in [3.05, 3.63) is 127 Å². The molecule has 1 aliphatic carbocycles. The molecule has 0 radical (unpaired) electrons. The topological polar surface area (TPSA) is 9.86 Å². The van der Waals surface area contributed by atoms with Crippen LogP contribution >= 0.6 is 0 Å².